The summed E-state index contributed by atoms with van der Waals surface area (Å²) in [6.45, 7) is 0.557. The summed E-state index contributed by atoms with van der Waals surface area (Å²) in [6, 6.07) is 7.85. The van der Waals surface area contributed by atoms with Crippen molar-refractivity contribution in [2.75, 3.05) is 6.79 Å². The van der Waals surface area contributed by atoms with Crippen molar-refractivity contribution in [1.29, 1.82) is 0 Å². The molecule has 9 heteroatoms. The molecule has 2 aromatic rings. The van der Waals surface area contributed by atoms with E-state index < -0.39 is 6.10 Å². The van der Waals surface area contributed by atoms with Crippen LogP contribution in [0.4, 0.5) is 4.39 Å². The highest BCUT2D eigenvalue weighted by Crippen LogP contribution is 2.42. The molecule has 0 aliphatic carbocycles. The smallest absolute Gasteiger partial charge is 0.189 e. The molecule has 2 aliphatic rings. The lowest BCUT2D eigenvalue weighted by Gasteiger charge is -2.30. The number of halogens is 2. The van der Waals surface area contributed by atoms with Gasteiger partial charge in [-0.25, -0.2) is 4.39 Å². The Hall–Kier alpha value is -2.42. The number of nitrogens with two attached hydrogens (primary N) is 1. The third kappa shape index (κ3) is 3.69. The maximum absolute atomic E-state index is 13.7. The number of nitrogens with zero attached hydrogens (tertiary/aromatic N) is 1. The van der Waals surface area contributed by atoms with Gasteiger partial charge in [-0.1, -0.05) is 11.6 Å². The summed E-state index contributed by atoms with van der Waals surface area (Å²) < 4.78 is 30.9. The third-order valence-electron chi connectivity index (χ3n) is 4.25. The molecule has 0 spiro atoms. The largest absolute Gasteiger partial charge is 0.484 e. The molecular formula is C18H15ClFN3O3S. The Kier molecular flexibility index (Phi) is 4.86. The maximum atomic E-state index is 13.7. The summed E-state index contributed by atoms with van der Waals surface area (Å²) in [5.41, 5.74) is 10.8. The predicted molar refractivity (Wildman–Crippen MR) is 103 cm³/mol. The van der Waals surface area contributed by atoms with Crippen LogP contribution in [0.1, 0.15) is 29.2 Å². The molecule has 1 atom stereocenters. The topological polar surface area (TPSA) is 78.1 Å². The summed E-state index contributed by atoms with van der Waals surface area (Å²) in [7, 11) is 0. The number of thiocarbonyl (C=S) groups is 1. The minimum Gasteiger partial charge on any atom is -0.484 e. The summed E-state index contributed by atoms with van der Waals surface area (Å²) in [5.74, 6) is 0.791. The number of nitrogens with one attached hydrogen (secondary N) is 1. The van der Waals surface area contributed by atoms with Crippen LogP contribution in [0.3, 0.4) is 0 Å². The van der Waals surface area contributed by atoms with Gasteiger partial charge in [-0.05, 0) is 42.5 Å². The van der Waals surface area contributed by atoms with Gasteiger partial charge in [-0.2, -0.15) is 5.10 Å². The maximum Gasteiger partial charge on any atom is 0.189 e. The van der Waals surface area contributed by atoms with E-state index in [1.807, 2.05) is 0 Å². The van der Waals surface area contributed by atoms with Gasteiger partial charge in [-0.3, -0.25) is 5.43 Å². The van der Waals surface area contributed by atoms with Crippen molar-refractivity contribution in [2.45, 2.75) is 19.1 Å². The molecule has 0 radical (unpaired) electrons. The Bertz CT molecular complexity index is 954. The molecule has 2 aromatic carbocycles. The van der Waals surface area contributed by atoms with Gasteiger partial charge >= 0.3 is 0 Å². The molecule has 0 unspecified atom stereocenters. The molecule has 6 nitrogen and oxygen atoms in total. The molecule has 4 rings (SSSR count). The van der Waals surface area contributed by atoms with E-state index in [-0.39, 0.29) is 17.7 Å². The van der Waals surface area contributed by atoms with Crippen LogP contribution in [-0.4, -0.2) is 17.6 Å². The molecule has 0 fully saturated rings. The van der Waals surface area contributed by atoms with Gasteiger partial charge in [0.25, 0.3) is 0 Å². The number of fused-ring (bicyclic) bond motifs is 2. The molecule has 3 N–H and O–H groups in total. The van der Waals surface area contributed by atoms with E-state index in [9.17, 15) is 4.39 Å². The average molecular weight is 408 g/mol. The molecular weight excluding hydrogens is 393 g/mol. The molecule has 0 bridgehead atoms. The number of ether oxygens (including phenoxy) is 3. The number of hydrazone groups is 1. The van der Waals surface area contributed by atoms with Crippen LogP contribution in [0.5, 0.6) is 11.5 Å². The van der Waals surface area contributed by atoms with Crippen LogP contribution in [0.25, 0.3) is 0 Å². The van der Waals surface area contributed by atoms with Crippen molar-refractivity contribution < 1.29 is 18.6 Å². The summed E-state index contributed by atoms with van der Waals surface area (Å²) in [5, 5.41) is 4.80. The van der Waals surface area contributed by atoms with Gasteiger partial charge < -0.3 is 19.9 Å². The molecule has 0 amide bonds. The van der Waals surface area contributed by atoms with Crippen LogP contribution in [0.2, 0.25) is 5.02 Å². The predicted octanol–water partition coefficient (Wildman–Crippen LogP) is 3.41. The Morgan fingerprint density at radius 1 is 1.33 bits per heavy atom. The van der Waals surface area contributed by atoms with Crippen LogP contribution in [-0.2, 0) is 11.3 Å². The van der Waals surface area contributed by atoms with Gasteiger partial charge in [0.15, 0.2) is 11.9 Å². The normalized spacial score (nSPS) is 19.5. The fourth-order valence-corrected chi connectivity index (χ4v) is 3.46. The monoisotopic (exact) mass is 407 g/mol. The highest BCUT2D eigenvalue weighted by atomic mass is 35.5. The van der Waals surface area contributed by atoms with E-state index in [0.29, 0.717) is 40.8 Å². The van der Waals surface area contributed by atoms with Gasteiger partial charge in [0.1, 0.15) is 23.4 Å². The zero-order valence-electron chi connectivity index (χ0n) is 14.0. The first kappa shape index (κ1) is 18.0. The van der Waals surface area contributed by atoms with E-state index >= 15 is 0 Å². The van der Waals surface area contributed by atoms with Crippen molar-refractivity contribution in [3.63, 3.8) is 0 Å². The summed E-state index contributed by atoms with van der Waals surface area (Å²) >= 11 is 11.1. The molecule has 0 saturated heterocycles. The zero-order chi connectivity index (χ0) is 19.0. The SMILES string of the molecule is NC(=S)N/N=C1/C[C@@H](c2cc(Cl)cc3c2OCOC3)Oc2ccc(F)cc21. The number of rotatable bonds is 2. The fraction of sp³-hybridized carbons (Fsp3) is 0.222. The van der Waals surface area contributed by atoms with E-state index in [1.165, 1.54) is 12.1 Å². The molecule has 0 saturated carbocycles. The second-order valence-corrected chi connectivity index (χ2v) is 6.96. The number of benzene rings is 2. The Labute approximate surface area is 165 Å². The first-order chi connectivity index (χ1) is 13.0. The average Bonchev–Trinajstić information content (AvgIpc) is 2.65. The standard InChI is InChI=1S/C18H15ClFN3O3S/c19-10-3-9-7-24-8-25-17(9)13(4-10)16-6-14(22-23-18(21)27)12-5-11(20)1-2-15(12)26-16/h1-5,16H,6-8H2,(H3,21,23,27)/b22-14-/t16-/m0/s1. The van der Waals surface area contributed by atoms with Crippen molar-refractivity contribution in [1.82, 2.24) is 5.43 Å². The molecule has 27 heavy (non-hydrogen) atoms. The fourth-order valence-electron chi connectivity index (χ4n) is 3.16. The van der Waals surface area contributed by atoms with Crippen molar-refractivity contribution in [2.24, 2.45) is 10.8 Å². The van der Waals surface area contributed by atoms with Gasteiger partial charge in [0.05, 0.1) is 12.3 Å². The minimum atomic E-state index is -0.430. The van der Waals surface area contributed by atoms with Crippen molar-refractivity contribution >= 4 is 34.6 Å². The summed E-state index contributed by atoms with van der Waals surface area (Å²) in [4.78, 5) is 0. The Balaban J connectivity index is 1.78. The lowest BCUT2D eigenvalue weighted by molar-refractivity contribution is -0.0182. The van der Waals surface area contributed by atoms with Crippen LogP contribution in [0, 0.1) is 5.82 Å². The van der Waals surface area contributed by atoms with Crippen molar-refractivity contribution in [3.8, 4) is 11.5 Å². The van der Waals surface area contributed by atoms with Gasteiger partial charge in [0, 0.05) is 28.1 Å². The number of hydrogen-bond acceptors (Lipinski definition) is 5. The summed E-state index contributed by atoms with van der Waals surface area (Å²) in [6.07, 6.45) is -0.0799. The van der Waals surface area contributed by atoms with Crippen LogP contribution in [0.15, 0.2) is 35.4 Å². The minimum absolute atomic E-state index is 0.0177. The highest BCUT2D eigenvalue weighted by molar-refractivity contribution is 7.80. The quantitative estimate of drug-likeness (QED) is 0.586. The Morgan fingerprint density at radius 2 is 2.19 bits per heavy atom. The first-order valence-corrected chi connectivity index (χ1v) is 8.91. The molecule has 2 aliphatic heterocycles. The second-order valence-electron chi connectivity index (χ2n) is 6.08. The first-order valence-electron chi connectivity index (χ1n) is 8.12. The van der Waals surface area contributed by atoms with Crippen molar-refractivity contribution in [3.05, 3.63) is 57.9 Å². The van der Waals surface area contributed by atoms with Gasteiger partial charge in [-0.15, -0.1) is 0 Å². The second kappa shape index (κ2) is 7.30. The number of hydrogen-bond donors (Lipinski definition) is 2. The molecule has 2 heterocycles. The molecule has 140 valence electrons. The van der Waals surface area contributed by atoms with E-state index in [0.717, 1.165) is 11.1 Å². The van der Waals surface area contributed by atoms with Gasteiger partial charge in [0.2, 0.25) is 0 Å². The lowest BCUT2D eigenvalue weighted by atomic mass is 9.93. The van der Waals surface area contributed by atoms with E-state index in [4.69, 9.17) is 43.8 Å². The Morgan fingerprint density at radius 3 is 3.00 bits per heavy atom. The third-order valence-corrected chi connectivity index (χ3v) is 4.56. The lowest BCUT2D eigenvalue weighted by Crippen LogP contribution is -2.29. The van der Waals surface area contributed by atoms with E-state index in [1.54, 1.807) is 18.2 Å². The van der Waals surface area contributed by atoms with E-state index in [2.05, 4.69) is 10.5 Å². The van der Waals surface area contributed by atoms with Crippen LogP contribution < -0.4 is 20.6 Å². The zero-order valence-corrected chi connectivity index (χ0v) is 15.6. The molecule has 0 aromatic heterocycles. The van der Waals surface area contributed by atoms with Crippen LogP contribution >= 0.6 is 23.8 Å². The highest BCUT2D eigenvalue weighted by Gasteiger charge is 2.31.